The van der Waals surface area contributed by atoms with Crippen molar-refractivity contribution in [3.05, 3.63) is 54.0 Å². The number of para-hydroxylation sites is 2. The van der Waals surface area contributed by atoms with Gasteiger partial charge < -0.3 is 24.3 Å². The molecule has 1 N–H and O–H groups in total. The highest BCUT2D eigenvalue weighted by molar-refractivity contribution is 5.83. The second-order valence-electron chi connectivity index (χ2n) is 8.00. The van der Waals surface area contributed by atoms with Gasteiger partial charge in [-0.15, -0.1) is 0 Å². The lowest BCUT2D eigenvalue weighted by Crippen LogP contribution is -2.49. The first-order valence-electron chi connectivity index (χ1n) is 10.9. The Morgan fingerprint density at radius 1 is 1.03 bits per heavy atom. The lowest BCUT2D eigenvalue weighted by Gasteiger charge is -2.37. The van der Waals surface area contributed by atoms with Crippen LogP contribution in [-0.2, 0) is 11.2 Å². The number of anilines is 1. The SMILES string of the molecule is O=C(CCCc1c[nH]c2c(F)cccc12)N1CCN(c2cccc3c2OCCO3)CC1. The van der Waals surface area contributed by atoms with E-state index in [9.17, 15) is 9.18 Å². The number of rotatable bonds is 5. The average molecular weight is 423 g/mol. The molecular formula is C24H26FN3O3. The topological polar surface area (TPSA) is 57.8 Å². The Kier molecular flexibility index (Phi) is 5.40. The van der Waals surface area contributed by atoms with Crippen molar-refractivity contribution in [3.63, 3.8) is 0 Å². The number of amides is 1. The molecule has 0 atom stereocenters. The van der Waals surface area contributed by atoms with Gasteiger partial charge in [0.15, 0.2) is 11.5 Å². The fraction of sp³-hybridized carbons (Fsp3) is 0.375. The Labute approximate surface area is 180 Å². The van der Waals surface area contributed by atoms with Crippen LogP contribution < -0.4 is 14.4 Å². The van der Waals surface area contributed by atoms with E-state index >= 15 is 0 Å². The summed E-state index contributed by atoms with van der Waals surface area (Å²) in [6.07, 6.45) is 3.85. The summed E-state index contributed by atoms with van der Waals surface area (Å²) in [6, 6.07) is 11.1. The summed E-state index contributed by atoms with van der Waals surface area (Å²) in [7, 11) is 0. The third-order valence-electron chi connectivity index (χ3n) is 6.11. The number of benzene rings is 2. The van der Waals surface area contributed by atoms with Gasteiger partial charge in [0.1, 0.15) is 19.0 Å². The Morgan fingerprint density at radius 3 is 2.71 bits per heavy atom. The molecule has 0 radical (unpaired) electrons. The molecule has 0 aliphatic carbocycles. The quantitative estimate of drug-likeness (QED) is 0.679. The van der Waals surface area contributed by atoms with Gasteiger partial charge in [-0.3, -0.25) is 4.79 Å². The largest absolute Gasteiger partial charge is 0.486 e. The lowest BCUT2D eigenvalue weighted by atomic mass is 10.1. The van der Waals surface area contributed by atoms with Gasteiger partial charge >= 0.3 is 0 Å². The first-order valence-corrected chi connectivity index (χ1v) is 10.9. The molecule has 2 aliphatic rings. The maximum atomic E-state index is 13.8. The molecule has 1 saturated heterocycles. The van der Waals surface area contributed by atoms with E-state index in [4.69, 9.17) is 9.47 Å². The van der Waals surface area contributed by atoms with Crippen LogP contribution in [0.2, 0.25) is 0 Å². The highest BCUT2D eigenvalue weighted by atomic mass is 19.1. The van der Waals surface area contributed by atoms with E-state index in [-0.39, 0.29) is 11.7 Å². The zero-order valence-electron chi connectivity index (χ0n) is 17.4. The molecule has 3 aromatic rings. The van der Waals surface area contributed by atoms with Crippen molar-refractivity contribution in [2.24, 2.45) is 0 Å². The number of carbonyl (C=O) groups excluding carboxylic acids is 1. The van der Waals surface area contributed by atoms with Gasteiger partial charge in [0.2, 0.25) is 5.91 Å². The molecule has 0 bridgehead atoms. The summed E-state index contributed by atoms with van der Waals surface area (Å²) < 4.78 is 25.3. The number of piperazine rings is 1. The van der Waals surface area contributed by atoms with Crippen LogP contribution in [0.25, 0.3) is 10.9 Å². The van der Waals surface area contributed by atoms with Gasteiger partial charge in [-0.05, 0) is 36.6 Å². The number of aromatic amines is 1. The van der Waals surface area contributed by atoms with Crippen LogP contribution in [0.1, 0.15) is 18.4 Å². The minimum absolute atomic E-state index is 0.181. The monoisotopic (exact) mass is 423 g/mol. The van der Waals surface area contributed by atoms with Gasteiger partial charge in [-0.25, -0.2) is 4.39 Å². The summed E-state index contributed by atoms with van der Waals surface area (Å²) in [4.78, 5) is 19.9. The molecule has 31 heavy (non-hydrogen) atoms. The summed E-state index contributed by atoms with van der Waals surface area (Å²) in [5, 5.41) is 0.901. The van der Waals surface area contributed by atoms with E-state index in [2.05, 4.69) is 16.0 Å². The molecule has 162 valence electrons. The molecule has 0 spiro atoms. The second-order valence-corrected chi connectivity index (χ2v) is 8.00. The molecule has 1 aromatic heterocycles. The maximum Gasteiger partial charge on any atom is 0.222 e. The van der Waals surface area contributed by atoms with Crippen LogP contribution in [0.15, 0.2) is 42.6 Å². The number of nitrogens with zero attached hydrogens (tertiary/aromatic N) is 2. The normalized spacial score (nSPS) is 16.0. The van der Waals surface area contributed by atoms with Gasteiger partial charge in [0, 0.05) is 44.2 Å². The van der Waals surface area contributed by atoms with Crippen LogP contribution in [0, 0.1) is 5.82 Å². The van der Waals surface area contributed by atoms with Crippen LogP contribution in [0.4, 0.5) is 10.1 Å². The molecule has 2 aromatic carbocycles. The van der Waals surface area contributed by atoms with Crippen molar-refractivity contribution in [1.29, 1.82) is 0 Å². The third kappa shape index (κ3) is 3.92. The molecule has 3 heterocycles. The fourth-order valence-electron chi connectivity index (χ4n) is 4.47. The Hall–Kier alpha value is -3.22. The molecule has 0 unspecified atom stereocenters. The average Bonchev–Trinajstić information content (AvgIpc) is 3.23. The van der Waals surface area contributed by atoms with Crippen LogP contribution in [0.3, 0.4) is 0 Å². The smallest absolute Gasteiger partial charge is 0.222 e. The van der Waals surface area contributed by atoms with E-state index in [1.807, 2.05) is 29.3 Å². The zero-order chi connectivity index (χ0) is 21.2. The molecule has 0 saturated carbocycles. The number of aryl methyl sites for hydroxylation is 1. The summed E-state index contributed by atoms with van der Waals surface area (Å²) in [5.74, 6) is 1.54. The molecule has 6 nitrogen and oxygen atoms in total. The molecule has 1 amide bonds. The first-order chi connectivity index (χ1) is 15.2. The van der Waals surface area contributed by atoms with Crippen LogP contribution in [0.5, 0.6) is 11.5 Å². The summed E-state index contributed by atoms with van der Waals surface area (Å²) in [5.41, 5.74) is 2.64. The molecule has 7 heteroatoms. The zero-order valence-corrected chi connectivity index (χ0v) is 17.4. The summed E-state index contributed by atoms with van der Waals surface area (Å²) in [6.45, 7) is 4.07. The molecule has 2 aliphatic heterocycles. The number of hydrogen-bond acceptors (Lipinski definition) is 4. The Morgan fingerprint density at radius 2 is 1.84 bits per heavy atom. The fourth-order valence-corrected chi connectivity index (χ4v) is 4.47. The number of fused-ring (bicyclic) bond motifs is 2. The Bertz CT molecular complexity index is 1090. The van der Waals surface area contributed by atoms with Crippen LogP contribution >= 0.6 is 0 Å². The molecule has 1 fully saturated rings. The van der Waals surface area contributed by atoms with E-state index in [1.165, 1.54) is 6.07 Å². The van der Waals surface area contributed by atoms with Gasteiger partial charge in [0.25, 0.3) is 0 Å². The first kappa shape index (κ1) is 19.7. The predicted molar refractivity (Wildman–Crippen MR) is 117 cm³/mol. The van der Waals surface area contributed by atoms with Crippen molar-refractivity contribution < 1.29 is 18.7 Å². The van der Waals surface area contributed by atoms with Gasteiger partial charge in [-0.2, -0.15) is 0 Å². The predicted octanol–water partition coefficient (Wildman–Crippen LogP) is 3.75. The number of nitrogens with one attached hydrogen (secondary N) is 1. The van der Waals surface area contributed by atoms with E-state index in [0.717, 1.165) is 54.1 Å². The standard InChI is InChI=1S/C24H26FN3O3/c25-19-6-2-5-18-17(16-26-23(18)19)4-1-9-22(29)28-12-10-27(11-13-28)20-7-3-8-21-24(20)31-15-14-30-21/h2-3,5-8,16,26H,1,4,9-15H2. The van der Waals surface area contributed by atoms with Crippen molar-refractivity contribution in [1.82, 2.24) is 9.88 Å². The Balaban J connectivity index is 1.14. The van der Waals surface area contributed by atoms with Gasteiger partial charge in [-0.1, -0.05) is 18.2 Å². The van der Waals surface area contributed by atoms with Gasteiger partial charge in [0.05, 0.1) is 11.2 Å². The number of halogens is 1. The number of carbonyl (C=O) groups is 1. The highest BCUT2D eigenvalue weighted by Crippen LogP contribution is 2.39. The molecular weight excluding hydrogens is 397 g/mol. The maximum absolute atomic E-state index is 13.8. The number of ether oxygens (including phenoxy) is 2. The van der Waals surface area contributed by atoms with Crippen molar-refractivity contribution >= 4 is 22.5 Å². The van der Waals surface area contributed by atoms with E-state index in [1.54, 1.807) is 6.07 Å². The third-order valence-corrected chi connectivity index (χ3v) is 6.11. The van der Waals surface area contributed by atoms with E-state index in [0.29, 0.717) is 38.2 Å². The second kappa shape index (κ2) is 8.49. The highest BCUT2D eigenvalue weighted by Gasteiger charge is 2.25. The minimum atomic E-state index is -0.241. The number of hydrogen-bond donors (Lipinski definition) is 1. The number of H-pyrrole nitrogens is 1. The summed E-state index contributed by atoms with van der Waals surface area (Å²) >= 11 is 0. The van der Waals surface area contributed by atoms with Crippen molar-refractivity contribution in [3.8, 4) is 11.5 Å². The van der Waals surface area contributed by atoms with Crippen molar-refractivity contribution in [2.45, 2.75) is 19.3 Å². The minimum Gasteiger partial charge on any atom is -0.486 e. The lowest BCUT2D eigenvalue weighted by molar-refractivity contribution is -0.131. The van der Waals surface area contributed by atoms with E-state index < -0.39 is 0 Å². The molecule has 5 rings (SSSR count). The van der Waals surface area contributed by atoms with Crippen LogP contribution in [-0.4, -0.2) is 55.2 Å². The van der Waals surface area contributed by atoms with Crippen molar-refractivity contribution in [2.75, 3.05) is 44.3 Å². The number of aromatic nitrogens is 1.